The summed E-state index contributed by atoms with van der Waals surface area (Å²) in [5.41, 5.74) is -3.20. The third-order valence-electron chi connectivity index (χ3n) is 6.60. The lowest BCUT2D eigenvalue weighted by molar-refractivity contribution is -0.286. The highest BCUT2D eigenvalue weighted by Crippen LogP contribution is 2.66. The number of halogens is 1. The van der Waals surface area contributed by atoms with Crippen molar-refractivity contribution in [2.75, 3.05) is 0 Å². The molecule has 156 valence electrons. The molecule has 7 heteroatoms. The van der Waals surface area contributed by atoms with Gasteiger partial charge >= 0.3 is 0 Å². The third kappa shape index (κ3) is 2.79. The Morgan fingerprint density at radius 1 is 1.03 bits per heavy atom. The van der Waals surface area contributed by atoms with Gasteiger partial charge < -0.3 is 9.47 Å². The van der Waals surface area contributed by atoms with E-state index in [1.54, 1.807) is 6.92 Å². The van der Waals surface area contributed by atoms with Crippen molar-refractivity contribution in [2.24, 2.45) is 16.7 Å². The molecule has 1 aromatic carbocycles. The van der Waals surface area contributed by atoms with Crippen molar-refractivity contribution in [2.45, 2.75) is 64.3 Å². The van der Waals surface area contributed by atoms with Gasteiger partial charge in [0.1, 0.15) is 5.82 Å². The molecule has 4 atom stereocenters. The lowest BCUT2D eigenvalue weighted by Crippen LogP contribution is -2.60. The molecule has 2 heterocycles. The molecule has 6 nitrogen and oxygen atoms in total. The Morgan fingerprint density at radius 2 is 1.67 bits per heavy atom. The van der Waals surface area contributed by atoms with Crippen LogP contribution in [0.15, 0.2) is 24.3 Å². The van der Waals surface area contributed by atoms with Crippen LogP contribution in [0.5, 0.6) is 0 Å². The predicted octanol–water partition coefficient (Wildman–Crippen LogP) is 4.92. The monoisotopic (exact) mass is 408 g/mol. The fraction of sp³-hybridized carbons (Fsp3) is 0.565. The number of unbranched alkanes of at least 4 members (excludes halogenated alkanes) is 4. The van der Waals surface area contributed by atoms with Crippen LogP contribution in [0.25, 0.3) is 0 Å². The summed E-state index contributed by atoms with van der Waals surface area (Å²) in [6.45, 7) is 3.76. The van der Waals surface area contributed by atoms with Gasteiger partial charge in [0, 0.05) is 5.56 Å². The summed E-state index contributed by atoms with van der Waals surface area (Å²) >= 11 is 0. The topological polar surface area (TPSA) is 114 Å². The van der Waals surface area contributed by atoms with Crippen molar-refractivity contribution in [3.05, 3.63) is 35.6 Å². The van der Waals surface area contributed by atoms with Crippen LogP contribution in [-0.2, 0) is 15.3 Å². The second kappa shape index (κ2) is 8.05. The van der Waals surface area contributed by atoms with Crippen LogP contribution in [0.1, 0.15) is 57.9 Å². The van der Waals surface area contributed by atoms with E-state index in [1.165, 1.54) is 24.3 Å². The fourth-order valence-corrected chi connectivity index (χ4v) is 4.85. The maximum Gasteiger partial charge on any atom is 0.243 e. The van der Waals surface area contributed by atoms with E-state index in [0.29, 0.717) is 12.0 Å². The van der Waals surface area contributed by atoms with Gasteiger partial charge in [-0.25, -0.2) is 4.39 Å². The fourth-order valence-electron chi connectivity index (χ4n) is 4.85. The van der Waals surface area contributed by atoms with Gasteiger partial charge in [-0.1, -0.05) is 46.0 Å². The van der Waals surface area contributed by atoms with Gasteiger partial charge in [-0.15, -0.1) is 0 Å². The molecule has 0 aromatic heterocycles. The second-order valence-corrected chi connectivity index (χ2v) is 8.09. The zero-order valence-electron chi connectivity index (χ0n) is 17.2. The quantitative estimate of drug-likeness (QED) is 0.643. The minimum Gasteiger partial charge on any atom is -0.443 e. The molecule has 3 rings (SSSR count). The second-order valence-electron chi connectivity index (χ2n) is 8.09. The summed E-state index contributed by atoms with van der Waals surface area (Å²) in [5, 5.41) is 38.9. The summed E-state index contributed by atoms with van der Waals surface area (Å²) in [4.78, 5) is 0. The number of rotatable bonds is 7. The van der Waals surface area contributed by atoms with Crippen molar-refractivity contribution in [1.82, 2.24) is 0 Å². The Bertz CT molecular complexity index is 928. The predicted molar refractivity (Wildman–Crippen MR) is 106 cm³/mol. The van der Waals surface area contributed by atoms with Crippen molar-refractivity contribution in [3.8, 4) is 18.2 Å². The molecular formula is C23H25FN4O2. The molecule has 2 fully saturated rings. The van der Waals surface area contributed by atoms with Crippen molar-refractivity contribution in [3.63, 3.8) is 0 Å². The molecule has 2 aliphatic rings. The van der Waals surface area contributed by atoms with Crippen molar-refractivity contribution in [1.29, 1.82) is 21.2 Å². The molecule has 0 radical (unpaired) electrons. The lowest BCUT2D eigenvalue weighted by atomic mass is 9.53. The van der Waals surface area contributed by atoms with E-state index in [-0.39, 0.29) is 0 Å². The normalized spacial score (nSPS) is 31.3. The average Bonchev–Trinajstić information content (AvgIpc) is 2.91. The van der Waals surface area contributed by atoms with Gasteiger partial charge in [0.2, 0.25) is 11.7 Å². The van der Waals surface area contributed by atoms with Crippen molar-refractivity contribution >= 4 is 5.90 Å². The van der Waals surface area contributed by atoms with E-state index in [2.05, 4.69) is 13.0 Å². The highest BCUT2D eigenvalue weighted by Gasteiger charge is 2.79. The Balaban J connectivity index is 2.09. The number of benzene rings is 1. The third-order valence-corrected chi connectivity index (χ3v) is 6.60. The summed E-state index contributed by atoms with van der Waals surface area (Å²) in [5.74, 6) is -3.22. The molecule has 1 aromatic rings. The Morgan fingerprint density at radius 3 is 2.23 bits per heavy atom. The van der Waals surface area contributed by atoms with E-state index in [0.717, 1.165) is 32.1 Å². The number of fused-ring (bicyclic) bond motifs is 2. The molecule has 2 bridgehead atoms. The average molecular weight is 408 g/mol. The summed E-state index contributed by atoms with van der Waals surface area (Å²) < 4.78 is 25.7. The van der Waals surface area contributed by atoms with Crippen LogP contribution in [0, 0.1) is 62.0 Å². The molecule has 4 unspecified atom stereocenters. The highest BCUT2D eigenvalue weighted by molar-refractivity contribution is 5.89. The molecule has 2 saturated heterocycles. The highest BCUT2D eigenvalue weighted by atomic mass is 19.1. The molecule has 0 amide bonds. The summed E-state index contributed by atoms with van der Waals surface area (Å²) in [6.07, 6.45) is 4.33. The van der Waals surface area contributed by atoms with Gasteiger partial charge in [-0.3, -0.25) is 5.41 Å². The van der Waals surface area contributed by atoms with Gasteiger partial charge in [0.25, 0.3) is 0 Å². The van der Waals surface area contributed by atoms with Gasteiger partial charge in [0.05, 0.1) is 30.2 Å². The Kier molecular flexibility index (Phi) is 5.84. The van der Waals surface area contributed by atoms with E-state index in [1.807, 2.05) is 12.1 Å². The van der Waals surface area contributed by atoms with Crippen LogP contribution in [0.3, 0.4) is 0 Å². The van der Waals surface area contributed by atoms with E-state index in [9.17, 15) is 20.2 Å². The first-order valence-electron chi connectivity index (χ1n) is 10.3. The SMILES string of the molecule is CCCCCCCC1OC2(c3ccc(F)cc3)OC(=N)C(C#N)(C2C)C1(C#N)C#N. The van der Waals surface area contributed by atoms with Crippen LogP contribution >= 0.6 is 0 Å². The van der Waals surface area contributed by atoms with E-state index < -0.39 is 40.4 Å². The maximum absolute atomic E-state index is 13.5. The maximum atomic E-state index is 13.5. The lowest BCUT2D eigenvalue weighted by Gasteiger charge is -2.48. The van der Waals surface area contributed by atoms with Gasteiger partial charge in [0.15, 0.2) is 10.8 Å². The molecule has 30 heavy (non-hydrogen) atoms. The summed E-state index contributed by atoms with van der Waals surface area (Å²) in [6, 6.07) is 11.7. The van der Waals surface area contributed by atoms with Gasteiger partial charge in [-0.2, -0.15) is 15.8 Å². The van der Waals surface area contributed by atoms with Crippen LogP contribution in [-0.4, -0.2) is 12.0 Å². The zero-order chi connectivity index (χ0) is 22.0. The first-order chi connectivity index (χ1) is 14.4. The first-order valence-corrected chi connectivity index (χ1v) is 10.3. The number of nitrogens with zero attached hydrogens (tertiary/aromatic N) is 3. The van der Waals surface area contributed by atoms with Crippen molar-refractivity contribution < 1.29 is 13.9 Å². The Labute approximate surface area is 176 Å². The molecule has 0 aliphatic carbocycles. The van der Waals surface area contributed by atoms with E-state index in [4.69, 9.17) is 14.9 Å². The number of nitriles is 3. The number of hydrogen-bond donors (Lipinski definition) is 1. The molecule has 1 N–H and O–H groups in total. The largest absolute Gasteiger partial charge is 0.443 e. The minimum absolute atomic E-state index is 0.389. The first kappa shape index (κ1) is 21.8. The molecular weight excluding hydrogens is 383 g/mol. The molecule has 2 aliphatic heterocycles. The van der Waals surface area contributed by atoms with Crippen LogP contribution in [0.4, 0.5) is 4.39 Å². The van der Waals surface area contributed by atoms with Gasteiger partial charge in [-0.05, 0) is 30.7 Å². The number of ether oxygens (including phenoxy) is 2. The van der Waals surface area contributed by atoms with Crippen LogP contribution < -0.4 is 0 Å². The van der Waals surface area contributed by atoms with Crippen LogP contribution in [0.2, 0.25) is 0 Å². The Hall–Kier alpha value is -2.95. The molecule has 0 saturated carbocycles. The van der Waals surface area contributed by atoms with E-state index >= 15 is 0 Å². The number of nitrogens with one attached hydrogen (secondary N) is 1. The minimum atomic E-state index is -1.87. The smallest absolute Gasteiger partial charge is 0.243 e. The zero-order valence-corrected chi connectivity index (χ0v) is 17.2. The molecule has 0 spiro atoms. The summed E-state index contributed by atoms with van der Waals surface area (Å²) in [7, 11) is 0. The number of hydrogen-bond acceptors (Lipinski definition) is 6. The standard InChI is InChI=1S/C23H25FN4O2/c1-3-4-5-6-7-8-19-21(13-25,14-26)22(15-27)16(2)23(29-19,30-20(22)28)17-9-11-18(24)12-10-17/h9-12,16,19,28H,3-8H2,1-2H3.